The Morgan fingerprint density at radius 3 is 2.23 bits per heavy atom. The summed E-state index contributed by atoms with van der Waals surface area (Å²) >= 11 is 1.24. The van der Waals surface area contributed by atoms with Gasteiger partial charge in [0, 0.05) is 12.5 Å². The van der Waals surface area contributed by atoms with Crippen LogP contribution in [0.15, 0.2) is 34.2 Å². The Kier molecular flexibility index (Phi) is 6.58. The SMILES string of the molecule is CC(NC(=O)CSc1nnc(Cc2ccc(C(C)(C)C)cc2)c(=O)[nH]1)C12CC3CC(CC(C3)C1)C2. The fourth-order valence-corrected chi connectivity index (χ4v) is 7.73. The van der Waals surface area contributed by atoms with E-state index in [1.54, 1.807) is 0 Å². The number of amides is 1. The summed E-state index contributed by atoms with van der Waals surface area (Å²) < 4.78 is 0. The molecule has 2 aromatic rings. The van der Waals surface area contributed by atoms with Crippen LogP contribution < -0.4 is 10.9 Å². The molecule has 4 saturated carbocycles. The van der Waals surface area contributed by atoms with Crippen molar-refractivity contribution in [3.63, 3.8) is 0 Å². The van der Waals surface area contributed by atoms with E-state index < -0.39 is 0 Å². The Hall–Kier alpha value is -2.15. The Labute approximate surface area is 212 Å². The molecule has 7 heteroatoms. The molecule has 0 saturated heterocycles. The van der Waals surface area contributed by atoms with Crippen molar-refractivity contribution in [3.05, 3.63) is 51.4 Å². The number of H-pyrrole nitrogens is 1. The fourth-order valence-electron chi connectivity index (χ4n) is 7.12. The van der Waals surface area contributed by atoms with Crippen LogP contribution in [0.25, 0.3) is 0 Å². The highest BCUT2D eigenvalue weighted by atomic mass is 32.2. The number of aromatic nitrogens is 3. The minimum absolute atomic E-state index is 0.00362. The molecule has 2 N–H and O–H groups in total. The minimum atomic E-state index is -0.246. The number of hydrogen-bond donors (Lipinski definition) is 2. The van der Waals surface area contributed by atoms with Crippen molar-refractivity contribution in [2.45, 2.75) is 89.3 Å². The molecular formula is C28H38N4O2S. The third kappa shape index (κ3) is 5.35. The van der Waals surface area contributed by atoms with E-state index in [4.69, 9.17) is 0 Å². The zero-order valence-electron chi connectivity index (χ0n) is 21.4. The van der Waals surface area contributed by atoms with Gasteiger partial charge in [0.2, 0.25) is 5.91 Å². The van der Waals surface area contributed by atoms with Crippen LogP contribution in [0.5, 0.6) is 0 Å². The summed E-state index contributed by atoms with van der Waals surface area (Å²) in [6.07, 6.45) is 8.45. The molecule has 1 amide bonds. The maximum Gasteiger partial charge on any atom is 0.273 e. The third-order valence-corrected chi connectivity index (χ3v) is 9.52. The van der Waals surface area contributed by atoms with Crippen LogP contribution in [-0.4, -0.2) is 32.9 Å². The minimum Gasteiger partial charge on any atom is -0.352 e. The van der Waals surface area contributed by atoms with Gasteiger partial charge in [0.1, 0.15) is 5.69 Å². The smallest absolute Gasteiger partial charge is 0.273 e. The van der Waals surface area contributed by atoms with E-state index in [1.165, 1.54) is 55.9 Å². The van der Waals surface area contributed by atoms with Crippen molar-refractivity contribution in [2.24, 2.45) is 23.2 Å². The van der Waals surface area contributed by atoms with Crippen molar-refractivity contribution >= 4 is 17.7 Å². The quantitative estimate of drug-likeness (QED) is 0.537. The molecular weight excluding hydrogens is 456 g/mol. The normalized spacial score (nSPS) is 28.2. The van der Waals surface area contributed by atoms with E-state index in [0.717, 1.165) is 23.3 Å². The second-order valence-electron chi connectivity index (χ2n) is 12.4. The maximum atomic E-state index is 12.7. The van der Waals surface area contributed by atoms with Gasteiger partial charge in [0.05, 0.1) is 5.75 Å². The summed E-state index contributed by atoms with van der Waals surface area (Å²) in [5.74, 6) is 2.83. The molecule has 35 heavy (non-hydrogen) atoms. The van der Waals surface area contributed by atoms with Gasteiger partial charge in [0.15, 0.2) is 5.16 Å². The second kappa shape index (κ2) is 9.38. The molecule has 0 aliphatic heterocycles. The summed E-state index contributed by atoms with van der Waals surface area (Å²) in [5, 5.41) is 12.0. The predicted molar refractivity (Wildman–Crippen MR) is 140 cm³/mol. The van der Waals surface area contributed by atoms with E-state index in [1.807, 2.05) is 12.1 Å². The number of aromatic amines is 1. The second-order valence-corrected chi connectivity index (χ2v) is 13.4. The molecule has 1 unspecified atom stereocenters. The molecule has 1 aromatic heterocycles. The van der Waals surface area contributed by atoms with Gasteiger partial charge in [-0.25, -0.2) is 0 Å². The average molecular weight is 495 g/mol. The summed E-state index contributed by atoms with van der Waals surface area (Å²) in [6.45, 7) is 8.73. The number of thioether (sulfide) groups is 1. The molecule has 4 aliphatic rings. The first kappa shape index (κ1) is 24.5. The zero-order chi connectivity index (χ0) is 24.8. The molecule has 0 radical (unpaired) electrons. The van der Waals surface area contributed by atoms with E-state index in [0.29, 0.717) is 17.3 Å². The summed E-state index contributed by atoms with van der Waals surface area (Å²) in [4.78, 5) is 28.1. The predicted octanol–water partition coefficient (Wildman–Crippen LogP) is 4.87. The molecule has 1 atom stereocenters. The lowest BCUT2D eigenvalue weighted by Gasteiger charge is -2.59. The van der Waals surface area contributed by atoms with Gasteiger partial charge in [-0.05, 0) is 85.2 Å². The lowest BCUT2D eigenvalue weighted by atomic mass is 9.48. The monoisotopic (exact) mass is 494 g/mol. The maximum absolute atomic E-state index is 12.7. The van der Waals surface area contributed by atoms with Crippen molar-refractivity contribution in [3.8, 4) is 0 Å². The molecule has 6 nitrogen and oxygen atoms in total. The van der Waals surface area contributed by atoms with Crippen molar-refractivity contribution in [1.82, 2.24) is 20.5 Å². The van der Waals surface area contributed by atoms with Crippen LogP contribution in [0.1, 0.15) is 83.0 Å². The lowest BCUT2D eigenvalue weighted by molar-refractivity contribution is -0.123. The van der Waals surface area contributed by atoms with Gasteiger partial charge < -0.3 is 5.32 Å². The molecule has 1 aromatic carbocycles. The van der Waals surface area contributed by atoms with Crippen LogP contribution in [0.4, 0.5) is 0 Å². The molecule has 4 aliphatic carbocycles. The van der Waals surface area contributed by atoms with Crippen LogP contribution in [0.2, 0.25) is 0 Å². The van der Waals surface area contributed by atoms with Gasteiger partial charge in [-0.3, -0.25) is 14.6 Å². The number of nitrogens with one attached hydrogen (secondary N) is 2. The van der Waals surface area contributed by atoms with Crippen LogP contribution in [0.3, 0.4) is 0 Å². The number of carbonyl (C=O) groups is 1. The largest absolute Gasteiger partial charge is 0.352 e. The highest BCUT2D eigenvalue weighted by Crippen LogP contribution is 2.61. The first-order valence-corrected chi connectivity index (χ1v) is 14.1. The third-order valence-electron chi connectivity index (χ3n) is 8.66. The first-order chi connectivity index (χ1) is 16.6. The van der Waals surface area contributed by atoms with E-state index >= 15 is 0 Å². The van der Waals surface area contributed by atoms with Crippen molar-refractivity contribution < 1.29 is 4.79 Å². The molecule has 0 spiro atoms. The topological polar surface area (TPSA) is 87.7 Å². The summed E-state index contributed by atoms with van der Waals surface area (Å²) in [7, 11) is 0. The zero-order valence-corrected chi connectivity index (χ0v) is 22.2. The Morgan fingerprint density at radius 2 is 1.69 bits per heavy atom. The van der Waals surface area contributed by atoms with Crippen molar-refractivity contribution in [2.75, 3.05) is 5.75 Å². The Balaban J connectivity index is 1.14. The first-order valence-electron chi connectivity index (χ1n) is 13.1. The van der Waals surface area contributed by atoms with Gasteiger partial charge >= 0.3 is 0 Å². The average Bonchev–Trinajstić information content (AvgIpc) is 2.78. The molecule has 1 heterocycles. The number of rotatable bonds is 7. The number of nitrogens with zero attached hydrogens (tertiary/aromatic N) is 2. The molecule has 6 rings (SSSR count). The summed E-state index contributed by atoms with van der Waals surface area (Å²) in [6, 6.07) is 8.48. The highest BCUT2D eigenvalue weighted by Gasteiger charge is 2.53. The van der Waals surface area contributed by atoms with Crippen LogP contribution >= 0.6 is 11.8 Å². The molecule has 4 bridgehead atoms. The van der Waals surface area contributed by atoms with E-state index in [9.17, 15) is 9.59 Å². The molecule has 188 valence electrons. The van der Waals surface area contributed by atoms with Gasteiger partial charge in [-0.1, -0.05) is 56.8 Å². The van der Waals surface area contributed by atoms with Gasteiger partial charge in [-0.2, -0.15) is 0 Å². The van der Waals surface area contributed by atoms with Gasteiger partial charge in [0.25, 0.3) is 5.56 Å². The Morgan fingerprint density at radius 1 is 1.09 bits per heavy atom. The lowest BCUT2D eigenvalue weighted by Crippen LogP contribution is -2.56. The number of hydrogen-bond acceptors (Lipinski definition) is 5. The van der Waals surface area contributed by atoms with Crippen LogP contribution in [-0.2, 0) is 16.6 Å². The highest BCUT2D eigenvalue weighted by molar-refractivity contribution is 7.99. The fraction of sp³-hybridized carbons (Fsp3) is 0.643. The summed E-state index contributed by atoms with van der Waals surface area (Å²) in [5.41, 5.74) is 2.80. The van der Waals surface area contributed by atoms with Crippen molar-refractivity contribution in [1.29, 1.82) is 0 Å². The number of benzene rings is 1. The standard InChI is InChI=1S/C28H38N4O2S/c1-17(28-13-19-9-20(14-28)11-21(10-19)15-28)29-24(33)16-35-26-30-25(34)23(31-32-26)12-18-5-7-22(8-6-18)27(2,3)4/h5-8,17,19-21H,9-16H2,1-4H3,(H,29,33)(H,30,32,34). The van der Waals surface area contributed by atoms with E-state index in [2.05, 4.69) is 60.3 Å². The van der Waals surface area contributed by atoms with Gasteiger partial charge in [-0.15, -0.1) is 10.2 Å². The number of carbonyl (C=O) groups excluding carboxylic acids is 1. The van der Waals surface area contributed by atoms with E-state index in [-0.39, 0.29) is 34.1 Å². The Bertz CT molecular complexity index is 1100. The molecule has 4 fully saturated rings. The van der Waals surface area contributed by atoms with Crippen LogP contribution in [0, 0.1) is 23.2 Å².